The van der Waals surface area contributed by atoms with Crippen LogP contribution in [0.5, 0.6) is 0 Å². The fourth-order valence-electron chi connectivity index (χ4n) is 1.31. The molecule has 13 heavy (non-hydrogen) atoms. The Labute approximate surface area is 75.6 Å². The standard InChI is InChI=1S/C9H7N3O/c1-10-8-2-3-12-9(4-8)7(6-13)5-11-12/h2-4,6,11H,5H2. The van der Waals surface area contributed by atoms with Gasteiger partial charge in [0.1, 0.15) is 6.29 Å². The number of fused-ring (bicyclic) bond motifs is 1. The number of hydrogen-bond donors (Lipinski definition) is 1. The van der Waals surface area contributed by atoms with Gasteiger partial charge in [-0.3, -0.25) is 9.80 Å². The third-order valence-electron chi connectivity index (χ3n) is 1.98. The lowest BCUT2D eigenvalue weighted by Gasteiger charge is -2.18. The number of nitrogens with one attached hydrogen (secondary N) is 1. The van der Waals surface area contributed by atoms with E-state index in [0.717, 1.165) is 12.0 Å². The minimum atomic E-state index is 0.533. The molecule has 2 aliphatic rings. The lowest BCUT2D eigenvalue weighted by atomic mass is 10.2. The van der Waals surface area contributed by atoms with Crippen molar-refractivity contribution in [1.29, 1.82) is 0 Å². The maximum atomic E-state index is 10.6. The molecule has 2 rings (SSSR count). The van der Waals surface area contributed by atoms with E-state index in [2.05, 4.69) is 10.3 Å². The molecule has 2 heterocycles. The third kappa shape index (κ3) is 1.15. The molecule has 0 amide bonds. The van der Waals surface area contributed by atoms with E-state index in [-0.39, 0.29) is 0 Å². The molecule has 0 atom stereocenters. The van der Waals surface area contributed by atoms with E-state index in [1.54, 1.807) is 23.4 Å². The molecule has 4 nitrogen and oxygen atoms in total. The summed E-state index contributed by atoms with van der Waals surface area (Å²) in [5.74, 6) is 0. The van der Waals surface area contributed by atoms with Crippen LogP contribution >= 0.6 is 0 Å². The van der Waals surface area contributed by atoms with Gasteiger partial charge in [0, 0.05) is 18.3 Å². The topological polar surface area (TPSA) is 36.7 Å². The number of carbonyl (C=O) groups excluding carboxylic acids is 1. The van der Waals surface area contributed by atoms with Gasteiger partial charge in [-0.25, -0.2) is 10.3 Å². The van der Waals surface area contributed by atoms with Gasteiger partial charge in [0.2, 0.25) is 0 Å². The first-order valence-corrected chi connectivity index (χ1v) is 3.83. The molecule has 0 aliphatic carbocycles. The molecule has 4 heteroatoms. The summed E-state index contributed by atoms with van der Waals surface area (Å²) in [7, 11) is 0. The first-order valence-electron chi connectivity index (χ1n) is 3.83. The molecule has 0 aromatic heterocycles. The highest BCUT2D eigenvalue weighted by molar-refractivity contribution is 5.77. The molecule has 0 spiro atoms. The van der Waals surface area contributed by atoms with E-state index < -0.39 is 0 Å². The zero-order valence-electron chi connectivity index (χ0n) is 6.82. The smallest absolute Gasteiger partial charge is 0.190 e. The molecular formula is C9H7N3O. The van der Waals surface area contributed by atoms with Crippen molar-refractivity contribution in [1.82, 2.24) is 10.4 Å². The normalized spacial score (nSPS) is 19.6. The van der Waals surface area contributed by atoms with Crippen LogP contribution < -0.4 is 5.43 Å². The van der Waals surface area contributed by atoms with E-state index in [0.29, 0.717) is 17.8 Å². The molecule has 0 unspecified atom stereocenters. The van der Waals surface area contributed by atoms with Crippen molar-refractivity contribution in [3.8, 4) is 0 Å². The van der Waals surface area contributed by atoms with E-state index in [9.17, 15) is 4.79 Å². The van der Waals surface area contributed by atoms with Gasteiger partial charge in [-0.15, -0.1) is 0 Å². The second-order valence-corrected chi connectivity index (χ2v) is 2.73. The monoisotopic (exact) mass is 173 g/mol. The second-order valence-electron chi connectivity index (χ2n) is 2.73. The summed E-state index contributed by atoms with van der Waals surface area (Å²) >= 11 is 0. The van der Waals surface area contributed by atoms with Crippen LogP contribution in [0.3, 0.4) is 0 Å². The number of carbonyl (C=O) groups is 1. The summed E-state index contributed by atoms with van der Waals surface area (Å²) in [6.07, 6.45) is 5.98. The highest BCUT2D eigenvalue weighted by Gasteiger charge is 2.20. The van der Waals surface area contributed by atoms with E-state index >= 15 is 0 Å². The molecule has 0 aromatic rings. The Morgan fingerprint density at radius 2 is 2.54 bits per heavy atom. The molecule has 1 N–H and O–H groups in total. The van der Waals surface area contributed by atoms with Crippen LogP contribution in [-0.2, 0) is 4.79 Å². The Hall–Kier alpha value is -1.86. The van der Waals surface area contributed by atoms with Crippen molar-refractivity contribution in [2.45, 2.75) is 0 Å². The van der Waals surface area contributed by atoms with Crippen LogP contribution in [0.2, 0.25) is 0 Å². The summed E-state index contributed by atoms with van der Waals surface area (Å²) in [5.41, 5.74) is 5.01. The Morgan fingerprint density at radius 1 is 1.69 bits per heavy atom. The van der Waals surface area contributed by atoms with Gasteiger partial charge in [-0.1, -0.05) is 0 Å². The highest BCUT2D eigenvalue weighted by Crippen LogP contribution is 2.22. The van der Waals surface area contributed by atoms with E-state index in [4.69, 9.17) is 6.57 Å². The first-order chi connectivity index (χ1) is 6.35. The average Bonchev–Trinajstić information content (AvgIpc) is 2.59. The summed E-state index contributed by atoms with van der Waals surface area (Å²) in [5, 5.41) is 1.75. The predicted octanol–water partition coefficient (Wildman–Crippen LogP) is 0.590. The Kier molecular flexibility index (Phi) is 1.72. The van der Waals surface area contributed by atoms with Gasteiger partial charge in [0.15, 0.2) is 5.70 Å². The van der Waals surface area contributed by atoms with E-state index in [1.807, 2.05) is 0 Å². The Bertz CT molecular complexity index is 384. The second kappa shape index (κ2) is 2.88. The average molecular weight is 173 g/mol. The van der Waals surface area contributed by atoms with Crippen molar-refractivity contribution in [3.05, 3.63) is 46.7 Å². The fourth-order valence-corrected chi connectivity index (χ4v) is 1.31. The molecule has 0 saturated heterocycles. The van der Waals surface area contributed by atoms with Gasteiger partial charge in [0.05, 0.1) is 12.3 Å². The molecule has 2 aliphatic heterocycles. The quantitative estimate of drug-likeness (QED) is 0.465. The van der Waals surface area contributed by atoms with Crippen molar-refractivity contribution in [2.75, 3.05) is 6.54 Å². The van der Waals surface area contributed by atoms with E-state index in [1.165, 1.54) is 0 Å². The maximum absolute atomic E-state index is 10.6. The molecule has 0 saturated carbocycles. The van der Waals surface area contributed by atoms with Crippen LogP contribution in [-0.4, -0.2) is 17.8 Å². The van der Waals surface area contributed by atoms with Crippen LogP contribution in [0.15, 0.2) is 35.3 Å². The van der Waals surface area contributed by atoms with Crippen LogP contribution in [0, 0.1) is 6.57 Å². The number of allylic oxidation sites excluding steroid dienone is 2. The van der Waals surface area contributed by atoms with Crippen molar-refractivity contribution in [3.63, 3.8) is 0 Å². The zero-order chi connectivity index (χ0) is 9.26. The van der Waals surface area contributed by atoms with Crippen LogP contribution in [0.25, 0.3) is 4.85 Å². The van der Waals surface area contributed by atoms with Crippen molar-refractivity contribution in [2.24, 2.45) is 0 Å². The first kappa shape index (κ1) is 7.77. The highest BCUT2D eigenvalue weighted by atomic mass is 16.1. The molecule has 0 bridgehead atoms. The largest absolute Gasteiger partial charge is 0.298 e. The molecule has 0 fully saturated rings. The molecular weight excluding hydrogens is 166 g/mol. The van der Waals surface area contributed by atoms with Gasteiger partial charge < -0.3 is 0 Å². The Morgan fingerprint density at radius 3 is 3.23 bits per heavy atom. The lowest BCUT2D eigenvalue weighted by molar-refractivity contribution is -0.104. The minimum absolute atomic E-state index is 0.533. The van der Waals surface area contributed by atoms with Gasteiger partial charge >= 0.3 is 0 Å². The van der Waals surface area contributed by atoms with Crippen LogP contribution in [0.4, 0.5) is 0 Å². The fraction of sp³-hybridized carbons (Fsp3) is 0.111. The minimum Gasteiger partial charge on any atom is -0.298 e. The number of hydrazine groups is 1. The Balaban J connectivity index is 2.44. The van der Waals surface area contributed by atoms with Crippen molar-refractivity contribution < 1.29 is 4.79 Å². The predicted molar refractivity (Wildman–Crippen MR) is 46.8 cm³/mol. The van der Waals surface area contributed by atoms with Gasteiger partial charge in [-0.05, 0) is 12.2 Å². The summed E-state index contributed by atoms with van der Waals surface area (Å²) in [4.78, 5) is 13.9. The third-order valence-corrected chi connectivity index (χ3v) is 1.98. The number of nitrogens with zero attached hydrogens (tertiary/aromatic N) is 2. The molecule has 0 aromatic carbocycles. The summed E-state index contributed by atoms with van der Waals surface area (Å²) in [6, 6.07) is 0. The number of rotatable bonds is 1. The van der Waals surface area contributed by atoms with Gasteiger partial charge in [0.25, 0.3) is 0 Å². The van der Waals surface area contributed by atoms with Crippen LogP contribution in [0.1, 0.15) is 0 Å². The van der Waals surface area contributed by atoms with Crippen molar-refractivity contribution >= 4 is 6.29 Å². The summed E-state index contributed by atoms with van der Waals surface area (Å²) < 4.78 is 0. The SMILES string of the molecule is [C-]#[N+]C1=CC2=C(C=O)CNN2C=C1. The molecule has 0 radical (unpaired) electrons. The summed E-state index contributed by atoms with van der Waals surface area (Å²) in [6.45, 7) is 7.36. The lowest BCUT2D eigenvalue weighted by Crippen LogP contribution is -2.27. The number of aldehydes is 1. The number of hydrogen-bond acceptors (Lipinski definition) is 3. The maximum Gasteiger partial charge on any atom is 0.190 e. The molecule has 64 valence electrons. The van der Waals surface area contributed by atoms with Gasteiger partial charge in [-0.2, -0.15) is 0 Å². The zero-order valence-corrected chi connectivity index (χ0v) is 6.82.